The summed E-state index contributed by atoms with van der Waals surface area (Å²) in [6.45, 7) is 13.4. The van der Waals surface area contributed by atoms with Gasteiger partial charge in [-0.05, 0) is 136 Å². The fraction of sp³-hybridized carbons (Fsp3) is 0.795. The summed E-state index contributed by atoms with van der Waals surface area (Å²) in [5.41, 5.74) is 3.94. The molecular weight excluding hydrogens is 1180 g/mol. The van der Waals surface area contributed by atoms with Gasteiger partial charge in [-0.25, -0.2) is 9.36 Å². The number of aliphatic hydroxyl groups excluding tert-OH is 2. The van der Waals surface area contributed by atoms with Crippen LogP contribution in [-0.2, 0) is 42.9 Å². The molecule has 20 heteroatoms. The molecule has 0 radical (unpaired) electrons. The number of carbonyl (C=O) groups is 4. The quantitative estimate of drug-likeness (QED) is 0.0178. The lowest BCUT2D eigenvalue weighted by Gasteiger charge is -2.26. The van der Waals surface area contributed by atoms with Gasteiger partial charge in [-0.1, -0.05) is 198 Å². The van der Waals surface area contributed by atoms with Gasteiger partial charge in [0.2, 0.25) is 5.95 Å². The Morgan fingerprint density at radius 2 is 0.806 bits per heavy atom. The Balaban J connectivity index is 1.48. The van der Waals surface area contributed by atoms with Gasteiger partial charge in [-0.15, -0.1) is 0 Å². The predicted molar refractivity (Wildman–Crippen MR) is 372 cm³/mol. The number of nitrogen functional groups attached to an aromatic ring is 1. The predicted octanol–water partition coefficient (Wildman–Crippen LogP) is 14.1. The number of rotatable bonds is 61. The van der Waals surface area contributed by atoms with Crippen LogP contribution >= 0.6 is 0 Å². The monoisotopic (exact) mass is 1310 g/mol. The third-order valence-electron chi connectivity index (χ3n) is 17.4. The molecule has 20 nitrogen and oxygen atoms in total. The van der Waals surface area contributed by atoms with E-state index in [1.165, 1.54) is 77.0 Å². The van der Waals surface area contributed by atoms with Crippen LogP contribution < -0.4 is 17.0 Å². The molecule has 1 fully saturated rings. The number of fused-ring (bicyclic) bond motifs is 1. The first-order chi connectivity index (χ1) is 45.4. The van der Waals surface area contributed by atoms with Crippen LogP contribution in [0.15, 0.2) is 46.0 Å². The van der Waals surface area contributed by atoms with E-state index in [1.54, 1.807) is 0 Å². The van der Waals surface area contributed by atoms with Crippen molar-refractivity contribution in [2.75, 3.05) is 71.4 Å². The van der Waals surface area contributed by atoms with Gasteiger partial charge in [0.15, 0.2) is 17.4 Å². The van der Waals surface area contributed by atoms with Crippen molar-refractivity contribution in [1.82, 2.24) is 29.3 Å². The van der Waals surface area contributed by atoms with E-state index in [0.29, 0.717) is 45.5 Å². The summed E-state index contributed by atoms with van der Waals surface area (Å²) < 4.78 is 28.5. The lowest BCUT2D eigenvalue weighted by atomic mass is 10.1. The minimum absolute atomic E-state index is 0.107. The van der Waals surface area contributed by atoms with E-state index in [1.807, 2.05) is 18.2 Å². The summed E-state index contributed by atoms with van der Waals surface area (Å²) in [6.07, 6.45) is 48.7. The molecule has 6 N–H and O–H groups in total. The molecule has 2 unspecified atom stereocenters. The molecule has 0 spiro atoms. The molecule has 1 aliphatic rings. The average molecular weight is 1310 g/mol. The number of aromatic amines is 2. The Morgan fingerprint density at radius 3 is 1.20 bits per heavy atom. The summed E-state index contributed by atoms with van der Waals surface area (Å²) >= 11 is 0. The van der Waals surface area contributed by atoms with Crippen LogP contribution in [-0.4, -0.2) is 147 Å². The largest absolute Gasteiger partial charge is 0.463 e. The number of nitrogens with zero attached hydrogens (tertiary/aromatic N) is 4. The van der Waals surface area contributed by atoms with Crippen LogP contribution in [0.1, 0.15) is 290 Å². The fourth-order valence-corrected chi connectivity index (χ4v) is 11.8. The molecule has 0 bridgehead atoms. The minimum atomic E-state index is -1.58. The zero-order valence-electron chi connectivity index (χ0n) is 58.1. The number of anilines is 1. The van der Waals surface area contributed by atoms with Gasteiger partial charge in [0, 0.05) is 25.7 Å². The van der Waals surface area contributed by atoms with E-state index in [2.05, 4.69) is 63.8 Å². The Hall–Kier alpha value is -5.15. The summed E-state index contributed by atoms with van der Waals surface area (Å²) in [4.78, 5) is 89.1. The highest BCUT2D eigenvalue weighted by atomic mass is 16.6. The second kappa shape index (κ2) is 55.0. The van der Waals surface area contributed by atoms with E-state index < -0.39 is 41.8 Å². The van der Waals surface area contributed by atoms with Gasteiger partial charge >= 0.3 is 29.6 Å². The summed E-state index contributed by atoms with van der Waals surface area (Å²) in [6, 6.07) is 0. The maximum absolute atomic E-state index is 13.0. The number of imidazole rings is 1. The van der Waals surface area contributed by atoms with Crippen molar-refractivity contribution in [3.8, 4) is 0 Å². The third-order valence-corrected chi connectivity index (χ3v) is 17.4. The summed E-state index contributed by atoms with van der Waals surface area (Å²) in [7, 11) is 0. The van der Waals surface area contributed by atoms with Gasteiger partial charge < -0.3 is 49.4 Å². The number of H-pyrrole nitrogens is 2. The molecule has 2 aromatic heterocycles. The molecule has 0 aromatic carbocycles. The minimum Gasteiger partial charge on any atom is -0.463 e. The molecule has 2 aromatic rings. The first-order valence-corrected chi connectivity index (χ1v) is 36.9. The number of hydrogen-bond donors (Lipinski definition) is 5. The smallest absolute Gasteiger partial charge is 0.330 e. The number of unbranched alkanes of at least 4 members (excludes halogenated alkanes) is 29. The normalized spacial score (nSPS) is 15.9. The number of allylic oxidation sites excluding steroid dienone is 3. The average Bonchev–Trinajstić information content (AvgIpc) is 1.62. The second-order valence-corrected chi connectivity index (χ2v) is 25.7. The van der Waals surface area contributed by atoms with E-state index >= 15 is 0 Å². The molecule has 532 valence electrons. The van der Waals surface area contributed by atoms with Crippen molar-refractivity contribution in [2.24, 2.45) is 0 Å². The van der Waals surface area contributed by atoms with Crippen LogP contribution in [0.3, 0.4) is 0 Å². The van der Waals surface area contributed by atoms with E-state index in [4.69, 9.17) is 29.4 Å². The highest BCUT2D eigenvalue weighted by Crippen LogP contribution is 2.30. The molecule has 3 heterocycles. The Bertz CT molecular complexity index is 2400. The van der Waals surface area contributed by atoms with Crippen molar-refractivity contribution < 1.29 is 53.1 Å². The standard InChI is InChI=1S/C73H127N7O13/c1-4-7-10-13-22-31-43-57-89-62(81)47-35-25-16-19-28-39-51-78(52-40-29-20-17-26-36-48-63(82)90-58-44-32-23-14-11-8-5-2)55-46-56-79(53-41-30-21-18-27-37-49-64(83)91-59-45-33-24-15-12-9-6-3)54-42-34-38-50-65(84)92-60-61-67(85)68(86)71(93-61)80-69-66(75-73(80)88)70(87)77-72(74)76-69/h31-33,43-45,61,67-68,71,85-86H,4-30,34-42,46-60H2,1-3H3,(H,75,88)(H3,74,76,77,87)/b43-31+,44-32+,45-33+/t61-,67?,68?,71-/m0/s1. The lowest BCUT2D eigenvalue weighted by molar-refractivity contribution is -0.150. The zero-order valence-corrected chi connectivity index (χ0v) is 58.1. The molecule has 3 rings (SSSR count). The van der Waals surface area contributed by atoms with Crippen molar-refractivity contribution >= 4 is 41.0 Å². The van der Waals surface area contributed by atoms with Crippen molar-refractivity contribution in [2.45, 2.75) is 309 Å². The molecule has 0 saturated carbocycles. The number of hydrogen-bond acceptors (Lipinski definition) is 17. The van der Waals surface area contributed by atoms with Crippen molar-refractivity contribution in [3.63, 3.8) is 0 Å². The number of aromatic nitrogens is 4. The second-order valence-electron chi connectivity index (χ2n) is 25.7. The van der Waals surface area contributed by atoms with Crippen molar-refractivity contribution in [1.29, 1.82) is 0 Å². The number of nitrogens with two attached hydrogens (primary N) is 1. The van der Waals surface area contributed by atoms with Gasteiger partial charge in [0.25, 0.3) is 5.56 Å². The Morgan fingerprint density at radius 1 is 0.462 bits per heavy atom. The number of nitrogens with one attached hydrogen (secondary N) is 2. The third kappa shape index (κ3) is 40.1. The first kappa shape index (κ1) is 82.1. The van der Waals surface area contributed by atoms with Crippen LogP contribution in [0.25, 0.3) is 11.2 Å². The summed E-state index contributed by atoms with van der Waals surface area (Å²) in [5.74, 6) is -1.04. The molecular formula is C73H127N7O13. The first-order valence-electron chi connectivity index (χ1n) is 36.9. The number of aliphatic hydroxyl groups is 2. The van der Waals surface area contributed by atoms with Crippen LogP contribution in [0.2, 0.25) is 0 Å². The fourth-order valence-electron chi connectivity index (χ4n) is 11.8. The maximum atomic E-state index is 13.0. The number of carbonyl (C=O) groups excluding carboxylic acids is 4. The van der Waals surface area contributed by atoms with E-state index in [0.717, 1.165) is 198 Å². The molecule has 93 heavy (non-hydrogen) atoms. The van der Waals surface area contributed by atoms with Crippen molar-refractivity contribution in [3.05, 3.63) is 57.3 Å². The van der Waals surface area contributed by atoms with Crippen LogP contribution in [0.4, 0.5) is 5.95 Å². The topological polar surface area (TPSA) is 271 Å². The Labute approximate surface area is 558 Å². The summed E-state index contributed by atoms with van der Waals surface area (Å²) in [5, 5.41) is 21.7. The molecule has 1 saturated heterocycles. The molecule has 0 aliphatic carbocycles. The molecule has 4 atom stereocenters. The van der Waals surface area contributed by atoms with Gasteiger partial charge in [-0.3, -0.25) is 33.9 Å². The number of esters is 4. The number of ether oxygens (including phenoxy) is 5. The van der Waals surface area contributed by atoms with Gasteiger partial charge in [0.1, 0.15) is 44.7 Å². The van der Waals surface area contributed by atoms with E-state index in [-0.39, 0.29) is 48.0 Å². The zero-order chi connectivity index (χ0) is 67.2. The maximum Gasteiger partial charge on any atom is 0.330 e. The highest BCUT2D eigenvalue weighted by molar-refractivity contribution is 5.71. The molecule has 0 amide bonds. The lowest BCUT2D eigenvalue weighted by Crippen LogP contribution is -2.35. The molecule has 1 aliphatic heterocycles. The highest BCUT2D eigenvalue weighted by Gasteiger charge is 2.46. The van der Waals surface area contributed by atoms with E-state index in [9.17, 15) is 39.0 Å². The van der Waals surface area contributed by atoms with Crippen LogP contribution in [0.5, 0.6) is 0 Å². The Kier molecular flexibility index (Phi) is 48.6. The van der Waals surface area contributed by atoms with Gasteiger partial charge in [-0.2, -0.15) is 4.98 Å². The van der Waals surface area contributed by atoms with Gasteiger partial charge in [0.05, 0.1) is 0 Å². The SMILES string of the molecule is CCCCCC/C=C/COC(=O)CCCCCCCCN(CCCCCCCCC(=O)OC/C=C/CCCCCC)CCCN(CCCCCCCCC(=O)OC/C=C/CCCCCC)CCCCCC(=O)OC[C@@H]1O[C@H](n2c(=O)[nH]c3c(=O)[nH]c(N)nc32)C(O)C1O. The van der Waals surface area contributed by atoms with Crippen LogP contribution in [0, 0.1) is 0 Å².